The number of fused-ring (bicyclic) bond motifs is 1. The van der Waals surface area contributed by atoms with Crippen molar-refractivity contribution in [3.63, 3.8) is 0 Å². The van der Waals surface area contributed by atoms with Gasteiger partial charge in [0, 0.05) is 5.71 Å². The average Bonchev–Trinajstić information content (AvgIpc) is 2.42. The Morgan fingerprint density at radius 2 is 1.95 bits per heavy atom. The maximum absolute atomic E-state index is 13.9. The molecule has 1 fully saturated rings. The van der Waals surface area contributed by atoms with Gasteiger partial charge in [-0.1, -0.05) is 12.5 Å². The standard InChI is InChI=1S/C14H12F2N2OS/c15-9-5-3-6-10(16)12(9)18-13(19)8-4-1-2-7-11(8)17-14(18)20/h3,5-6,8H,1-2,4,7H2. The molecule has 3 nitrogen and oxygen atoms in total. The van der Waals surface area contributed by atoms with E-state index in [1.54, 1.807) is 0 Å². The Bertz CT molecular complexity index is 609. The van der Waals surface area contributed by atoms with E-state index in [2.05, 4.69) is 4.99 Å². The first-order chi connectivity index (χ1) is 9.59. The summed E-state index contributed by atoms with van der Waals surface area (Å²) >= 11 is 5.06. The number of aliphatic imine (C=N–C) groups is 1. The van der Waals surface area contributed by atoms with Crippen LogP contribution in [0, 0.1) is 17.6 Å². The van der Waals surface area contributed by atoms with Crippen molar-refractivity contribution in [2.45, 2.75) is 25.7 Å². The topological polar surface area (TPSA) is 32.7 Å². The van der Waals surface area contributed by atoms with Crippen molar-refractivity contribution in [1.29, 1.82) is 0 Å². The number of carbonyl (C=O) groups is 1. The molecule has 0 bridgehead atoms. The Hall–Kier alpha value is -1.69. The highest BCUT2D eigenvalue weighted by Crippen LogP contribution is 2.32. The lowest BCUT2D eigenvalue weighted by atomic mass is 9.85. The average molecular weight is 294 g/mol. The summed E-state index contributed by atoms with van der Waals surface area (Å²) in [5.41, 5.74) is 0.329. The molecule has 6 heteroatoms. The maximum atomic E-state index is 13.9. The number of anilines is 1. The van der Waals surface area contributed by atoms with Crippen molar-refractivity contribution in [3.05, 3.63) is 29.8 Å². The van der Waals surface area contributed by atoms with Crippen molar-refractivity contribution >= 4 is 34.6 Å². The third-order valence-corrected chi connectivity index (χ3v) is 3.96. The van der Waals surface area contributed by atoms with E-state index in [1.165, 1.54) is 6.07 Å². The molecular formula is C14H12F2N2OS. The lowest BCUT2D eigenvalue weighted by Gasteiger charge is -2.34. The number of amides is 1. The molecule has 0 N–H and O–H groups in total. The number of para-hydroxylation sites is 1. The van der Waals surface area contributed by atoms with Crippen LogP contribution in [0.25, 0.3) is 0 Å². The minimum absolute atomic E-state index is 0.0767. The zero-order chi connectivity index (χ0) is 14.3. The number of benzene rings is 1. The normalized spacial score (nSPS) is 22.6. The fourth-order valence-electron chi connectivity index (χ4n) is 2.73. The second-order valence-corrected chi connectivity index (χ2v) is 5.29. The van der Waals surface area contributed by atoms with Gasteiger partial charge in [0.15, 0.2) is 0 Å². The molecule has 0 radical (unpaired) electrons. The first-order valence-electron chi connectivity index (χ1n) is 6.49. The number of hydrogen-bond donors (Lipinski definition) is 0. The summed E-state index contributed by atoms with van der Waals surface area (Å²) < 4.78 is 27.7. The second-order valence-electron chi connectivity index (χ2n) is 4.93. The molecule has 0 saturated heterocycles. The van der Waals surface area contributed by atoms with Crippen LogP contribution in [-0.2, 0) is 4.79 Å². The Morgan fingerprint density at radius 1 is 1.25 bits per heavy atom. The third kappa shape index (κ3) is 2.04. The fourth-order valence-corrected chi connectivity index (χ4v) is 3.03. The Morgan fingerprint density at radius 3 is 2.65 bits per heavy atom. The molecule has 1 atom stereocenters. The number of hydrogen-bond acceptors (Lipinski definition) is 2. The first kappa shape index (κ1) is 13.3. The zero-order valence-corrected chi connectivity index (χ0v) is 11.4. The number of halogens is 2. The molecule has 0 spiro atoms. The van der Waals surface area contributed by atoms with Crippen molar-refractivity contribution in [2.75, 3.05) is 4.90 Å². The molecular weight excluding hydrogens is 282 g/mol. The summed E-state index contributed by atoms with van der Waals surface area (Å²) in [4.78, 5) is 17.6. The minimum Gasteiger partial charge on any atom is -0.273 e. The van der Waals surface area contributed by atoms with Gasteiger partial charge in [-0.2, -0.15) is 0 Å². The summed E-state index contributed by atoms with van der Waals surface area (Å²) in [5.74, 6) is -2.39. The van der Waals surface area contributed by atoms with E-state index in [4.69, 9.17) is 12.2 Å². The van der Waals surface area contributed by atoms with Crippen LogP contribution in [0.5, 0.6) is 0 Å². The van der Waals surface area contributed by atoms with E-state index >= 15 is 0 Å². The number of nitrogens with zero attached hydrogens (tertiary/aromatic N) is 2. The maximum Gasteiger partial charge on any atom is 0.242 e. The molecule has 104 valence electrons. The number of rotatable bonds is 1. The lowest BCUT2D eigenvalue weighted by molar-refractivity contribution is -0.120. The number of carbonyl (C=O) groups excluding carboxylic acids is 1. The van der Waals surface area contributed by atoms with Gasteiger partial charge in [0.2, 0.25) is 11.0 Å². The summed E-state index contributed by atoms with van der Waals surface area (Å²) in [7, 11) is 0. The van der Waals surface area contributed by atoms with Gasteiger partial charge in [-0.05, 0) is 43.6 Å². The second kappa shape index (κ2) is 5.01. The molecule has 1 unspecified atom stereocenters. The van der Waals surface area contributed by atoms with E-state index < -0.39 is 23.2 Å². The predicted molar refractivity (Wildman–Crippen MR) is 75.8 cm³/mol. The van der Waals surface area contributed by atoms with E-state index in [9.17, 15) is 13.6 Å². The van der Waals surface area contributed by atoms with Gasteiger partial charge < -0.3 is 0 Å². The van der Waals surface area contributed by atoms with Gasteiger partial charge >= 0.3 is 0 Å². The van der Waals surface area contributed by atoms with E-state index in [0.717, 1.165) is 42.0 Å². The van der Waals surface area contributed by atoms with Crippen LogP contribution in [0.3, 0.4) is 0 Å². The SMILES string of the molecule is O=C1C2CCCCC2=NC(=S)N1c1c(F)cccc1F. The summed E-state index contributed by atoms with van der Waals surface area (Å²) in [5, 5.41) is -0.0767. The Kier molecular flexibility index (Phi) is 3.33. The van der Waals surface area contributed by atoms with Crippen LogP contribution in [0.1, 0.15) is 25.7 Å². The molecule has 0 aromatic heterocycles. The molecule has 1 amide bonds. The monoisotopic (exact) mass is 294 g/mol. The highest BCUT2D eigenvalue weighted by atomic mass is 32.1. The molecule has 1 aliphatic carbocycles. The van der Waals surface area contributed by atoms with Crippen LogP contribution in [0.15, 0.2) is 23.2 Å². The summed E-state index contributed by atoms with van der Waals surface area (Å²) in [6.07, 6.45) is 3.27. The van der Waals surface area contributed by atoms with E-state index in [0.29, 0.717) is 6.42 Å². The molecule has 1 aliphatic heterocycles. The van der Waals surface area contributed by atoms with Gasteiger partial charge in [-0.25, -0.2) is 18.7 Å². The van der Waals surface area contributed by atoms with Gasteiger partial charge in [0.05, 0.1) is 5.92 Å². The van der Waals surface area contributed by atoms with Crippen molar-refractivity contribution in [1.82, 2.24) is 0 Å². The van der Waals surface area contributed by atoms with E-state index in [1.807, 2.05) is 0 Å². The molecule has 3 rings (SSSR count). The molecule has 1 saturated carbocycles. The summed E-state index contributed by atoms with van der Waals surface area (Å²) in [6.45, 7) is 0. The van der Waals surface area contributed by atoms with Crippen LogP contribution in [-0.4, -0.2) is 16.7 Å². The largest absolute Gasteiger partial charge is 0.273 e. The highest BCUT2D eigenvalue weighted by molar-refractivity contribution is 7.80. The van der Waals surface area contributed by atoms with Crippen LogP contribution < -0.4 is 4.90 Å². The first-order valence-corrected chi connectivity index (χ1v) is 6.90. The summed E-state index contributed by atoms with van der Waals surface area (Å²) in [6, 6.07) is 3.46. The minimum atomic E-state index is -0.810. The zero-order valence-electron chi connectivity index (χ0n) is 10.6. The number of thiocarbonyl (C=S) groups is 1. The van der Waals surface area contributed by atoms with Crippen LogP contribution in [0.2, 0.25) is 0 Å². The van der Waals surface area contributed by atoms with Gasteiger partial charge in [-0.3, -0.25) is 4.79 Å². The third-order valence-electron chi connectivity index (χ3n) is 3.69. The van der Waals surface area contributed by atoms with Crippen LogP contribution >= 0.6 is 12.2 Å². The Balaban J connectivity index is 2.08. The molecule has 20 heavy (non-hydrogen) atoms. The van der Waals surface area contributed by atoms with Gasteiger partial charge in [0.25, 0.3) is 0 Å². The molecule has 1 heterocycles. The van der Waals surface area contributed by atoms with Crippen molar-refractivity contribution in [2.24, 2.45) is 10.9 Å². The van der Waals surface area contributed by atoms with Gasteiger partial charge in [-0.15, -0.1) is 0 Å². The lowest BCUT2D eigenvalue weighted by Crippen LogP contribution is -2.48. The van der Waals surface area contributed by atoms with Crippen molar-refractivity contribution in [3.8, 4) is 0 Å². The smallest absolute Gasteiger partial charge is 0.242 e. The van der Waals surface area contributed by atoms with E-state index in [-0.39, 0.29) is 11.0 Å². The molecule has 1 aromatic rings. The van der Waals surface area contributed by atoms with Crippen molar-refractivity contribution < 1.29 is 13.6 Å². The van der Waals surface area contributed by atoms with Crippen LogP contribution in [0.4, 0.5) is 14.5 Å². The highest BCUT2D eigenvalue weighted by Gasteiger charge is 2.39. The molecule has 1 aromatic carbocycles. The molecule has 2 aliphatic rings. The van der Waals surface area contributed by atoms with Gasteiger partial charge in [0.1, 0.15) is 17.3 Å². The predicted octanol–water partition coefficient (Wildman–Crippen LogP) is 3.23. The quantitative estimate of drug-likeness (QED) is 0.745. The Labute approximate surface area is 120 Å². The fraction of sp³-hybridized carbons (Fsp3) is 0.357.